The molecule has 0 amide bonds. The smallest absolute Gasteiger partial charge is 0.128 e. The largest absolute Gasteiger partial charge is 0.354 e. The number of anilines is 1. The highest BCUT2D eigenvalue weighted by Crippen LogP contribution is 2.17. The van der Waals surface area contributed by atoms with Crippen molar-refractivity contribution in [2.75, 3.05) is 44.2 Å². The lowest BCUT2D eigenvalue weighted by atomic mass is 10.0. The summed E-state index contributed by atoms with van der Waals surface area (Å²) in [6.07, 6.45) is 3.09. The van der Waals surface area contributed by atoms with E-state index in [-0.39, 0.29) is 0 Å². The van der Waals surface area contributed by atoms with Gasteiger partial charge in [0.15, 0.2) is 0 Å². The zero-order chi connectivity index (χ0) is 15.1. The standard InChI is InChI=1S/C17H30N4/c1-4-8-18-14-15(2)16(3)20-10-12-21(13-11-20)17-7-5-6-9-19-17/h5-7,9,15-16,18H,4,8,10-14H2,1-3H3. The first-order valence-corrected chi connectivity index (χ1v) is 8.33. The summed E-state index contributed by atoms with van der Waals surface area (Å²) in [6, 6.07) is 6.79. The van der Waals surface area contributed by atoms with Crippen LogP contribution >= 0.6 is 0 Å². The van der Waals surface area contributed by atoms with Gasteiger partial charge < -0.3 is 10.2 Å². The predicted molar refractivity (Wildman–Crippen MR) is 89.8 cm³/mol. The third-order valence-electron chi connectivity index (χ3n) is 4.58. The Morgan fingerprint density at radius 1 is 1.19 bits per heavy atom. The van der Waals surface area contributed by atoms with Crippen molar-refractivity contribution >= 4 is 5.82 Å². The molecule has 118 valence electrons. The minimum absolute atomic E-state index is 0.639. The van der Waals surface area contributed by atoms with Gasteiger partial charge in [-0.2, -0.15) is 0 Å². The van der Waals surface area contributed by atoms with Gasteiger partial charge in [0.1, 0.15) is 5.82 Å². The molecule has 2 unspecified atom stereocenters. The molecule has 1 aromatic heterocycles. The van der Waals surface area contributed by atoms with Crippen molar-refractivity contribution in [3.05, 3.63) is 24.4 Å². The van der Waals surface area contributed by atoms with Crippen molar-refractivity contribution in [2.45, 2.75) is 33.2 Å². The second kappa shape index (κ2) is 8.35. The number of hydrogen-bond donors (Lipinski definition) is 1. The summed E-state index contributed by atoms with van der Waals surface area (Å²) in [5.74, 6) is 1.81. The monoisotopic (exact) mass is 290 g/mol. The second-order valence-corrected chi connectivity index (χ2v) is 6.13. The van der Waals surface area contributed by atoms with Crippen molar-refractivity contribution in [2.24, 2.45) is 5.92 Å². The zero-order valence-electron chi connectivity index (χ0n) is 13.8. The SMILES string of the molecule is CCCNCC(C)C(C)N1CCN(c2ccccn2)CC1. The number of piperazine rings is 1. The maximum Gasteiger partial charge on any atom is 0.128 e. The van der Waals surface area contributed by atoms with Crippen LogP contribution in [0.5, 0.6) is 0 Å². The van der Waals surface area contributed by atoms with Gasteiger partial charge >= 0.3 is 0 Å². The van der Waals surface area contributed by atoms with Crippen molar-refractivity contribution in [3.63, 3.8) is 0 Å². The minimum Gasteiger partial charge on any atom is -0.354 e. The van der Waals surface area contributed by atoms with Crippen LogP contribution < -0.4 is 10.2 Å². The molecule has 1 aliphatic rings. The van der Waals surface area contributed by atoms with Gasteiger partial charge in [0.2, 0.25) is 0 Å². The van der Waals surface area contributed by atoms with Gasteiger partial charge in [-0.15, -0.1) is 0 Å². The van der Waals surface area contributed by atoms with Gasteiger partial charge in [-0.05, 0) is 44.5 Å². The molecule has 0 bridgehead atoms. The van der Waals surface area contributed by atoms with E-state index in [4.69, 9.17) is 0 Å². The highest BCUT2D eigenvalue weighted by Gasteiger charge is 2.24. The molecule has 1 fully saturated rings. The van der Waals surface area contributed by atoms with E-state index in [9.17, 15) is 0 Å². The van der Waals surface area contributed by atoms with Crippen LogP contribution in [0.2, 0.25) is 0 Å². The van der Waals surface area contributed by atoms with Gasteiger partial charge in [0.25, 0.3) is 0 Å². The van der Waals surface area contributed by atoms with E-state index < -0.39 is 0 Å². The normalized spacial score (nSPS) is 19.5. The van der Waals surface area contributed by atoms with Crippen molar-refractivity contribution in [1.29, 1.82) is 0 Å². The Labute approximate surface area is 129 Å². The first-order chi connectivity index (χ1) is 10.2. The van der Waals surface area contributed by atoms with Crippen LogP contribution in [0.4, 0.5) is 5.82 Å². The Bertz CT molecular complexity index is 387. The van der Waals surface area contributed by atoms with Crippen molar-refractivity contribution < 1.29 is 0 Å². The van der Waals surface area contributed by atoms with E-state index >= 15 is 0 Å². The maximum absolute atomic E-state index is 4.45. The molecule has 1 aromatic rings. The second-order valence-electron chi connectivity index (χ2n) is 6.13. The van der Waals surface area contributed by atoms with Crippen LogP contribution in [0.15, 0.2) is 24.4 Å². The van der Waals surface area contributed by atoms with Gasteiger partial charge in [-0.1, -0.05) is 19.9 Å². The van der Waals surface area contributed by atoms with Gasteiger partial charge in [-0.25, -0.2) is 4.98 Å². The summed E-state index contributed by atoms with van der Waals surface area (Å²) >= 11 is 0. The van der Waals surface area contributed by atoms with Crippen LogP contribution in [-0.2, 0) is 0 Å². The first-order valence-electron chi connectivity index (χ1n) is 8.33. The number of nitrogens with one attached hydrogen (secondary N) is 1. The van der Waals surface area contributed by atoms with Crippen molar-refractivity contribution in [3.8, 4) is 0 Å². The van der Waals surface area contributed by atoms with Crippen molar-refractivity contribution in [1.82, 2.24) is 15.2 Å². The summed E-state index contributed by atoms with van der Waals surface area (Å²) < 4.78 is 0. The Kier molecular flexibility index (Phi) is 6.46. The average Bonchev–Trinajstić information content (AvgIpc) is 2.55. The molecule has 2 heterocycles. The van der Waals surface area contributed by atoms with Gasteiger partial charge in [0, 0.05) is 38.4 Å². The quantitative estimate of drug-likeness (QED) is 0.780. The Morgan fingerprint density at radius 3 is 2.57 bits per heavy atom. The van der Waals surface area contributed by atoms with Crippen LogP contribution in [0, 0.1) is 5.92 Å². The number of pyridine rings is 1. The fraction of sp³-hybridized carbons (Fsp3) is 0.706. The molecular weight excluding hydrogens is 260 g/mol. The van der Waals surface area contributed by atoms with E-state index in [2.05, 4.69) is 53.0 Å². The van der Waals surface area contributed by atoms with Gasteiger partial charge in [-0.3, -0.25) is 4.90 Å². The summed E-state index contributed by atoms with van der Waals surface area (Å²) in [4.78, 5) is 9.47. The molecule has 0 aliphatic carbocycles. The highest BCUT2D eigenvalue weighted by molar-refractivity contribution is 5.38. The number of aromatic nitrogens is 1. The molecule has 0 spiro atoms. The molecule has 0 aromatic carbocycles. The predicted octanol–water partition coefficient (Wildman–Crippen LogP) is 2.23. The van der Waals surface area contributed by atoms with E-state index in [0.29, 0.717) is 12.0 Å². The van der Waals surface area contributed by atoms with Crippen LogP contribution in [0.3, 0.4) is 0 Å². The van der Waals surface area contributed by atoms with Crippen LogP contribution in [0.1, 0.15) is 27.2 Å². The molecule has 4 nitrogen and oxygen atoms in total. The molecule has 2 atom stereocenters. The summed E-state index contributed by atoms with van der Waals surface area (Å²) in [5, 5.41) is 3.54. The molecule has 2 rings (SSSR count). The fourth-order valence-electron chi connectivity index (χ4n) is 2.94. The Balaban J connectivity index is 1.77. The number of rotatable bonds is 7. The highest BCUT2D eigenvalue weighted by atomic mass is 15.3. The summed E-state index contributed by atoms with van der Waals surface area (Å²) in [5.41, 5.74) is 0. The lowest BCUT2D eigenvalue weighted by Crippen LogP contribution is -2.52. The summed E-state index contributed by atoms with van der Waals surface area (Å²) in [6.45, 7) is 13.6. The fourth-order valence-corrected chi connectivity index (χ4v) is 2.94. The third-order valence-corrected chi connectivity index (χ3v) is 4.58. The van der Waals surface area contributed by atoms with E-state index in [0.717, 1.165) is 45.1 Å². The third kappa shape index (κ3) is 4.68. The van der Waals surface area contributed by atoms with E-state index in [1.54, 1.807) is 0 Å². The van der Waals surface area contributed by atoms with Crippen LogP contribution in [0.25, 0.3) is 0 Å². The molecule has 1 aliphatic heterocycles. The Morgan fingerprint density at radius 2 is 1.95 bits per heavy atom. The number of hydrogen-bond acceptors (Lipinski definition) is 4. The molecule has 4 heteroatoms. The lowest BCUT2D eigenvalue weighted by Gasteiger charge is -2.40. The Hall–Kier alpha value is -1.13. The van der Waals surface area contributed by atoms with Gasteiger partial charge in [0.05, 0.1) is 0 Å². The molecular formula is C17H30N4. The minimum atomic E-state index is 0.639. The molecule has 0 radical (unpaired) electrons. The lowest BCUT2D eigenvalue weighted by molar-refractivity contribution is 0.151. The topological polar surface area (TPSA) is 31.4 Å². The molecule has 1 saturated heterocycles. The number of nitrogens with zero attached hydrogens (tertiary/aromatic N) is 3. The molecule has 1 N–H and O–H groups in total. The first kappa shape index (κ1) is 16.2. The van der Waals surface area contributed by atoms with E-state index in [1.165, 1.54) is 6.42 Å². The average molecular weight is 290 g/mol. The maximum atomic E-state index is 4.45. The zero-order valence-corrected chi connectivity index (χ0v) is 13.8. The van der Waals surface area contributed by atoms with Crippen LogP contribution in [-0.4, -0.2) is 55.2 Å². The van der Waals surface area contributed by atoms with E-state index in [1.807, 2.05) is 12.3 Å². The summed E-state index contributed by atoms with van der Waals surface area (Å²) in [7, 11) is 0. The molecule has 0 saturated carbocycles. The molecule has 21 heavy (non-hydrogen) atoms.